The third-order valence-electron chi connectivity index (χ3n) is 4.29. The fourth-order valence-corrected chi connectivity index (χ4v) is 3.00. The minimum atomic E-state index is 0.288. The van der Waals surface area contributed by atoms with Crippen molar-refractivity contribution in [2.45, 2.75) is 44.9 Å². The molecule has 0 atom stereocenters. The van der Waals surface area contributed by atoms with Gasteiger partial charge in [-0.2, -0.15) is 0 Å². The lowest BCUT2D eigenvalue weighted by Gasteiger charge is -2.37. The monoisotopic (exact) mass is 318 g/mol. The summed E-state index contributed by atoms with van der Waals surface area (Å²) in [7, 11) is 0. The third-order valence-corrected chi connectivity index (χ3v) is 4.29. The Kier molecular flexibility index (Phi) is 4.95. The Hall–Kier alpha value is -1.89. The van der Waals surface area contributed by atoms with E-state index in [4.69, 9.17) is 10.5 Å². The van der Waals surface area contributed by atoms with E-state index in [-0.39, 0.29) is 6.10 Å². The molecule has 23 heavy (non-hydrogen) atoms. The Bertz CT molecular complexity index is 521. The number of aromatic nitrogens is 2. The van der Waals surface area contributed by atoms with Crippen LogP contribution in [0.1, 0.15) is 26.7 Å². The van der Waals surface area contributed by atoms with E-state index in [9.17, 15) is 0 Å². The van der Waals surface area contributed by atoms with Gasteiger partial charge in [0.05, 0.1) is 18.2 Å². The first-order chi connectivity index (χ1) is 11.1. The van der Waals surface area contributed by atoms with E-state index in [1.165, 1.54) is 0 Å². The van der Waals surface area contributed by atoms with Crippen LogP contribution in [0.5, 0.6) is 0 Å². The van der Waals surface area contributed by atoms with Gasteiger partial charge in [-0.15, -0.1) is 0 Å². The highest BCUT2D eigenvalue weighted by molar-refractivity contribution is 5.78. The first kappa shape index (κ1) is 16.0. The van der Waals surface area contributed by atoms with Crippen molar-refractivity contribution in [1.29, 1.82) is 0 Å². The molecule has 1 saturated carbocycles. The molecule has 1 aliphatic heterocycles. The Morgan fingerprint density at radius 2 is 1.87 bits per heavy atom. The van der Waals surface area contributed by atoms with Crippen molar-refractivity contribution in [3.8, 4) is 0 Å². The summed E-state index contributed by atoms with van der Waals surface area (Å²) in [5, 5.41) is 0. The number of nitrogens with two attached hydrogens (primary N) is 1. The molecule has 1 aromatic heterocycles. The molecule has 126 valence electrons. The normalized spacial score (nSPS) is 25.6. The number of hydrogen-bond donors (Lipinski definition) is 1. The third kappa shape index (κ3) is 4.10. The molecule has 2 N–H and O–H groups in total. The molecule has 0 spiro atoms. The van der Waals surface area contributed by atoms with E-state index < -0.39 is 0 Å². The summed E-state index contributed by atoms with van der Waals surface area (Å²) in [4.78, 5) is 17.6. The van der Waals surface area contributed by atoms with Crippen LogP contribution in [0.3, 0.4) is 0 Å². The lowest BCUT2D eigenvalue weighted by molar-refractivity contribution is -0.0430. The van der Waals surface area contributed by atoms with Crippen molar-refractivity contribution >= 4 is 11.9 Å². The summed E-state index contributed by atoms with van der Waals surface area (Å²) in [6.07, 6.45) is 6.15. The van der Waals surface area contributed by atoms with Crippen LogP contribution < -0.4 is 10.6 Å². The number of guanidine groups is 1. The average Bonchev–Trinajstić information content (AvgIpc) is 2.53. The summed E-state index contributed by atoms with van der Waals surface area (Å²) >= 11 is 0. The van der Waals surface area contributed by atoms with E-state index in [1.54, 1.807) is 12.4 Å². The van der Waals surface area contributed by atoms with Gasteiger partial charge >= 0.3 is 0 Å². The quantitative estimate of drug-likeness (QED) is 0.655. The summed E-state index contributed by atoms with van der Waals surface area (Å²) < 4.78 is 5.76. The molecule has 2 heterocycles. The van der Waals surface area contributed by atoms with Gasteiger partial charge in [0.15, 0.2) is 5.96 Å². The molecular formula is C16H26N6O. The van der Waals surface area contributed by atoms with Crippen molar-refractivity contribution in [3.05, 3.63) is 18.5 Å². The molecule has 0 radical (unpaired) electrons. The predicted molar refractivity (Wildman–Crippen MR) is 90.5 cm³/mol. The van der Waals surface area contributed by atoms with Crippen LogP contribution in [-0.4, -0.2) is 65.3 Å². The van der Waals surface area contributed by atoms with Crippen molar-refractivity contribution in [2.24, 2.45) is 10.7 Å². The van der Waals surface area contributed by atoms with E-state index in [0.29, 0.717) is 18.1 Å². The highest BCUT2D eigenvalue weighted by Crippen LogP contribution is 2.27. The van der Waals surface area contributed by atoms with Gasteiger partial charge in [0.1, 0.15) is 0 Å². The molecular weight excluding hydrogens is 292 g/mol. The Labute approximate surface area is 137 Å². The minimum Gasteiger partial charge on any atom is -0.375 e. The molecule has 1 aromatic rings. The second-order valence-corrected chi connectivity index (χ2v) is 6.44. The summed E-state index contributed by atoms with van der Waals surface area (Å²) in [5.41, 5.74) is 6.17. The number of ether oxygens (including phenoxy) is 1. The summed E-state index contributed by atoms with van der Waals surface area (Å²) in [5.74, 6) is 1.45. The van der Waals surface area contributed by atoms with Gasteiger partial charge in [-0.3, -0.25) is 0 Å². The molecule has 0 amide bonds. The number of nitrogens with zero attached hydrogens (tertiary/aromatic N) is 5. The molecule has 7 nitrogen and oxygen atoms in total. The van der Waals surface area contributed by atoms with Crippen molar-refractivity contribution in [3.63, 3.8) is 0 Å². The van der Waals surface area contributed by atoms with E-state index in [0.717, 1.165) is 45.0 Å². The minimum absolute atomic E-state index is 0.288. The topological polar surface area (TPSA) is 79.9 Å². The Morgan fingerprint density at radius 1 is 1.22 bits per heavy atom. The van der Waals surface area contributed by atoms with Gasteiger partial charge in [0, 0.05) is 38.6 Å². The van der Waals surface area contributed by atoms with Crippen LogP contribution >= 0.6 is 0 Å². The Balaban J connectivity index is 1.45. The number of hydrogen-bond acceptors (Lipinski definition) is 5. The van der Waals surface area contributed by atoms with Gasteiger partial charge in [0.2, 0.25) is 5.95 Å². The second-order valence-electron chi connectivity index (χ2n) is 6.44. The maximum absolute atomic E-state index is 6.17. The predicted octanol–water partition coefficient (Wildman–Crippen LogP) is 0.869. The van der Waals surface area contributed by atoms with Gasteiger partial charge in [-0.05, 0) is 32.8 Å². The van der Waals surface area contributed by atoms with Crippen LogP contribution in [0.4, 0.5) is 5.95 Å². The number of rotatable bonds is 4. The largest absolute Gasteiger partial charge is 0.375 e. The summed E-state index contributed by atoms with van der Waals surface area (Å²) in [6.45, 7) is 7.58. The zero-order valence-corrected chi connectivity index (χ0v) is 13.9. The van der Waals surface area contributed by atoms with E-state index >= 15 is 0 Å². The van der Waals surface area contributed by atoms with Crippen molar-refractivity contribution in [1.82, 2.24) is 14.9 Å². The van der Waals surface area contributed by atoms with Crippen LogP contribution in [0, 0.1) is 0 Å². The number of aliphatic imine (C=N–C) groups is 1. The molecule has 0 aromatic carbocycles. The molecule has 0 unspecified atom stereocenters. The average molecular weight is 318 g/mol. The molecule has 2 aliphatic rings. The molecule has 1 saturated heterocycles. The van der Waals surface area contributed by atoms with Gasteiger partial charge in [-0.25, -0.2) is 15.0 Å². The smallest absolute Gasteiger partial charge is 0.225 e. The Morgan fingerprint density at radius 3 is 2.48 bits per heavy atom. The molecule has 2 fully saturated rings. The highest BCUT2D eigenvalue weighted by atomic mass is 16.5. The molecule has 0 bridgehead atoms. The molecule has 7 heteroatoms. The zero-order valence-electron chi connectivity index (χ0n) is 13.9. The first-order valence-electron chi connectivity index (χ1n) is 8.37. The van der Waals surface area contributed by atoms with Crippen LogP contribution in [0.25, 0.3) is 0 Å². The lowest BCUT2D eigenvalue weighted by atomic mass is 9.89. The lowest BCUT2D eigenvalue weighted by Crippen LogP contribution is -2.52. The van der Waals surface area contributed by atoms with Gasteiger partial charge < -0.3 is 20.3 Å². The second kappa shape index (κ2) is 7.12. The van der Waals surface area contributed by atoms with Crippen molar-refractivity contribution in [2.75, 3.05) is 31.1 Å². The van der Waals surface area contributed by atoms with Crippen LogP contribution in [-0.2, 0) is 4.74 Å². The van der Waals surface area contributed by atoms with E-state index in [2.05, 4.69) is 38.6 Å². The van der Waals surface area contributed by atoms with Gasteiger partial charge in [-0.1, -0.05) is 0 Å². The van der Waals surface area contributed by atoms with Crippen molar-refractivity contribution < 1.29 is 4.74 Å². The van der Waals surface area contributed by atoms with Gasteiger partial charge in [0.25, 0.3) is 0 Å². The molecule has 3 rings (SSSR count). The fourth-order valence-electron chi connectivity index (χ4n) is 3.00. The molecule has 1 aliphatic carbocycles. The van der Waals surface area contributed by atoms with Crippen LogP contribution in [0.2, 0.25) is 0 Å². The maximum atomic E-state index is 6.17. The number of piperazine rings is 1. The highest BCUT2D eigenvalue weighted by Gasteiger charge is 2.31. The first-order valence-corrected chi connectivity index (χ1v) is 8.37. The SMILES string of the molecule is CC(C)OC1CC(N=C(N)N2CCN(c3ncccn3)CC2)C1. The standard InChI is InChI=1S/C16H26N6O/c1-12(2)23-14-10-13(11-14)20-15(17)21-6-8-22(9-7-21)16-18-4-3-5-19-16/h3-5,12-14H,6-11H2,1-2H3,(H2,17,20). The summed E-state index contributed by atoms with van der Waals surface area (Å²) in [6, 6.07) is 2.15. The zero-order chi connectivity index (χ0) is 16.2. The number of anilines is 1. The van der Waals surface area contributed by atoms with E-state index in [1.807, 2.05) is 6.07 Å². The maximum Gasteiger partial charge on any atom is 0.225 e. The van der Waals surface area contributed by atoms with Crippen LogP contribution in [0.15, 0.2) is 23.5 Å². The fraction of sp³-hybridized carbons (Fsp3) is 0.688.